The normalized spacial score (nSPS) is 14.7. The standard InChI is InChI=1S/C20H23N3O7S/c1-15-14-16(2-7-19(15)23(25)26)20(24)21-8-11-30-17-3-5-18(6-4-17)31(27,28)22-9-12-29-13-10-22/h2-7,14H,8-13H2,1H3,(H,21,24). The summed E-state index contributed by atoms with van der Waals surface area (Å²) in [5, 5.41) is 13.5. The smallest absolute Gasteiger partial charge is 0.272 e. The highest BCUT2D eigenvalue weighted by Gasteiger charge is 2.26. The molecule has 166 valence electrons. The van der Waals surface area contributed by atoms with E-state index in [4.69, 9.17) is 9.47 Å². The number of benzene rings is 2. The molecule has 1 aliphatic rings. The fourth-order valence-electron chi connectivity index (χ4n) is 3.08. The van der Waals surface area contributed by atoms with E-state index in [1.54, 1.807) is 19.1 Å². The van der Waals surface area contributed by atoms with Gasteiger partial charge < -0.3 is 14.8 Å². The number of morpholine rings is 1. The SMILES string of the molecule is Cc1cc(C(=O)NCCOc2ccc(S(=O)(=O)N3CCOCC3)cc2)ccc1[N+](=O)[O-]. The molecule has 1 N–H and O–H groups in total. The topological polar surface area (TPSA) is 128 Å². The Balaban J connectivity index is 1.49. The highest BCUT2D eigenvalue weighted by molar-refractivity contribution is 7.89. The fraction of sp³-hybridized carbons (Fsp3) is 0.350. The van der Waals surface area contributed by atoms with E-state index in [1.807, 2.05) is 0 Å². The molecule has 1 aliphatic heterocycles. The van der Waals surface area contributed by atoms with Gasteiger partial charge >= 0.3 is 0 Å². The van der Waals surface area contributed by atoms with E-state index >= 15 is 0 Å². The third-order valence-corrected chi connectivity index (χ3v) is 6.66. The summed E-state index contributed by atoms with van der Waals surface area (Å²) >= 11 is 0. The molecule has 1 saturated heterocycles. The quantitative estimate of drug-likeness (QED) is 0.369. The molecule has 31 heavy (non-hydrogen) atoms. The van der Waals surface area contributed by atoms with E-state index < -0.39 is 14.9 Å². The molecule has 2 aromatic carbocycles. The second-order valence-corrected chi connectivity index (χ2v) is 8.79. The number of hydrogen-bond donors (Lipinski definition) is 1. The number of amides is 1. The van der Waals surface area contributed by atoms with Crippen molar-refractivity contribution in [1.29, 1.82) is 0 Å². The van der Waals surface area contributed by atoms with E-state index in [1.165, 1.54) is 34.6 Å². The second-order valence-electron chi connectivity index (χ2n) is 6.85. The van der Waals surface area contributed by atoms with Gasteiger partial charge in [-0.15, -0.1) is 0 Å². The van der Waals surface area contributed by atoms with Crippen molar-refractivity contribution in [1.82, 2.24) is 9.62 Å². The van der Waals surface area contributed by atoms with Crippen molar-refractivity contribution in [3.8, 4) is 5.75 Å². The molecule has 1 fully saturated rings. The Bertz CT molecular complexity index is 1050. The van der Waals surface area contributed by atoms with Crippen LogP contribution in [-0.4, -0.2) is 63.0 Å². The number of nitrogens with zero attached hydrogens (tertiary/aromatic N) is 2. The maximum Gasteiger partial charge on any atom is 0.272 e. The molecule has 0 saturated carbocycles. The number of nitrogens with one attached hydrogen (secondary N) is 1. The fourth-order valence-corrected chi connectivity index (χ4v) is 4.49. The first-order valence-corrected chi connectivity index (χ1v) is 11.1. The first-order chi connectivity index (χ1) is 14.8. The van der Waals surface area contributed by atoms with Gasteiger partial charge in [0.15, 0.2) is 0 Å². The summed E-state index contributed by atoms with van der Waals surface area (Å²) in [6.45, 7) is 3.37. The van der Waals surface area contributed by atoms with Gasteiger partial charge in [-0.2, -0.15) is 4.31 Å². The van der Waals surface area contributed by atoms with Crippen LogP contribution in [0.25, 0.3) is 0 Å². The number of nitro groups is 1. The Morgan fingerprint density at radius 1 is 1.19 bits per heavy atom. The largest absolute Gasteiger partial charge is 0.492 e. The molecule has 10 nitrogen and oxygen atoms in total. The molecule has 0 bridgehead atoms. The highest BCUT2D eigenvalue weighted by atomic mass is 32.2. The van der Waals surface area contributed by atoms with Gasteiger partial charge in [0.2, 0.25) is 10.0 Å². The van der Waals surface area contributed by atoms with Gasteiger partial charge in [-0.1, -0.05) is 0 Å². The molecule has 0 aliphatic carbocycles. The van der Waals surface area contributed by atoms with Crippen LogP contribution in [0, 0.1) is 17.0 Å². The number of aryl methyl sites for hydroxylation is 1. The summed E-state index contributed by atoms with van der Waals surface area (Å²) in [6.07, 6.45) is 0. The second kappa shape index (κ2) is 9.86. The zero-order chi connectivity index (χ0) is 22.4. The molecule has 0 unspecified atom stereocenters. The number of nitro benzene ring substituents is 1. The molecule has 0 aromatic heterocycles. The van der Waals surface area contributed by atoms with Crippen LogP contribution in [0.2, 0.25) is 0 Å². The van der Waals surface area contributed by atoms with E-state index in [-0.39, 0.29) is 29.6 Å². The molecule has 1 amide bonds. The molecule has 0 atom stereocenters. The monoisotopic (exact) mass is 449 g/mol. The summed E-state index contributed by atoms with van der Waals surface area (Å²) in [5.41, 5.74) is 0.681. The number of carbonyl (C=O) groups is 1. The molecular weight excluding hydrogens is 426 g/mol. The lowest BCUT2D eigenvalue weighted by molar-refractivity contribution is -0.385. The molecule has 1 heterocycles. The van der Waals surface area contributed by atoms with E-state index in [0.717, 1.165) is 0 Å². The summed E-state index contributed by atoms with van der Waals surface area (Å²) in [7, 11) is -3.56. The molecular formula is C20H23N3O7S. The minimum atomic E-state index is -3.56. The molecule has 0 spiro atoms. The first-order valence-electron chi connectivity index (χ1n) is 9.63. The van der Waals surface area contributed by atoms with Crippen LogP contribution in [0.5, 0.6) is 5.75 Å². The number of rotatable bonds is 8. The zero-order valence-corrected chi connectivity index (χ0v) is 17.8. The average Bonchev–Trinajstić information content (AvgIpc) is 2.77. The molecule has 11 heteroatoms. The van der Waals surface area contributed by atoms with Gasteiger partial charge in [0.25, 0.3) is 11.6 Å². The number of carbonyl (C=O) groups excluding carboxylic acids is 1. The molecule has 3 rings (SSSR count). The lowest BCUT2D eigenvalue weighted by Gasteiger charge is -2.26. The highest BCUT2D eigenvalue weighted by Crippen LogP contribution is 2.21. The van der Waals surface area contributed by atoms with E-state index in [0.29, 0.717) is 43.2 Å². The summed E-state index contributed by atoms with van der Waals surface area (Å²) in [5.74, 6) is 0.106. The predicted octanol–water partition coefficient (Wildman–Crippen LogP) is 1.73. The van der Waals surface area contributed by atoms with Gasteiger partial charge in [-0.3, -0.25) is 14.9 Å². The lowest BCUT2D eigenvalue weighted by Crippen LogP contribution is -2.40. The van der Waals surface area contributed by atoms with Crippen LogP contribution in [0.15, 0.2) is 47.4 Å². The van der Waals surface area contributed by atoms with Crippen molar-refractivity contribution in [2.45, 2.75) is 11.8 Å². The molecule has 2 aromatic rings. The van der Waals surface area contributed by atoms with Crippen molar-refractivity contribution in [2.24, 2.45) is 0 Å². The summed E-state index contributed by atoms with van der Waals surface area (Å²) < 4.78 is 37.3. The number of sulfonamides is 1. The zero-order valence-electron chi connectivity index (χ0n) is 16.9. The van der Waals surface area contributed by atoms with Crippen LogP contribution >= 0.6 is 0 Å². The van der Waals surface area contributed by atoms with Crippen molar-refractivity contribution < 1.29 is 27.6 Å². The van der Waals surface area contributed by atoms with Crippen LogP contribution in [0.4, 0.5) is 5.69 Å². The van der Waals surface area contributed by atoms with Crippen LogP contribution in [0.1, 0.15) is 15.9 Å². The minimum Gasteiger partial charge on any atom is -0.492 e. The summed E-state index contributed by atoms with van der Waals surface area (Å²) in [6, 6.07) is 10.3. The van der Waals surface area contributed by atoms with Gasteiger partial charge in [0.05, 0.1) is 29.6 Å². The van der Waals surface area contributed by atoms with Gasteiger partial charge in [0, 0.05) is 30.3 Å². The van der Waals surface area contributed by atoms with Gasteiger partial charge in [0.1, 0.15) is 12.4 Å². The Morgan fingerprint density at radius 3 is 2.48 bits per heavy atom. The third-order valence-electron chi connectivity index (χ3n) is 4.74. The minimum absolute atomic E-state index is 0.0426. The maximum atomic E-state index is 12.6. The van der Waals surface area contributed by atoms with Gasteiger partial charge in [-0.05, 0) is 43.3 Å². The van der Waals surface area contributed by atoms with Crippen molar-refractivity contribution in [2.75, 3.05) is 39.5 Å². The first kappa shape index (κ1) is 22.7. The van der Waals surface area contributed by atoms with Crippen LogP contribution in [0.3, 0.4) is 0 Å². The van der Waals surface area contributed by atoms with Crippen molar-refractivity contribution >= 4 is 21.6 Å². The third kappa shape index (κ3) is 5.57. The Labute approximate surface area is 180 Å². The van der Waals surface area contributed by atoms with E-state index in [9.17, 15) is 23.3 Å². The van der Waals surface area contributed by atoms with E-state index in [2.05, 4.69) is 5.32 Å². The van der Waals surface area contributed by atoms with Crippen molar-refractivity contribution in [3.05, 3.63) is 63.7 Å². The lowest BCUT2D eigenvalue weighted by atomic mass is 10.1. The Morgan fingerprint density at radius 2 is 1.87 bits per heavy atom. The maximum absolute atomic E-state index is 12.6. The van der Waals surface area contributed by atoms with Crippen LogP contribution < -0.4 is 10.1 Å². The Hall–Kier alpha value is -3.02. The number of hydrogen-bond acceptors (Lipinski definition) is 7. The molecule has 0 radical (unpaired) electrons. The Kier molecular flexibility index (Phi) is 7.21. The van der Waals surface area contributed by atoms with Crippen LogP contribution in [-0.2, 0) is 14.8 Å². The number of ether oxygens (including phenoxy) is 2. The van der Waals surface area contributed by atoms with Crippen molar-refractivity contribution in [3.63, 3.8) is 0 Å². The average molecular weight is 449 g/mol. The van der Waals surface area contributed by atoms with Gasteiger partial charge in [-0.25, -0.2) is 8.42 Å². The summed E-state index contributed by atoms with van der Waals surface area (Å²) in [4.78, 5) is 22.7. The predicted molar refractivity (Wildman–Crippen MR) is 112 cm³/mol.